The van der Waals surface area contributed by atoms with Gasteiger partial charge in [0.15, 0.2) is 0 Å². The molecular weight excluding hydrogens is 385 g/mol. The molecule has 1 saturated carbocycles. The van der Waals surface area contributed by atoms with Crippen LogP contribution < -0.4 is 4.74 Å². The highest BCUT2D eigenvalue weighted by atomic mass is 19.4. The van der Waals surface area contributed by atoms with Gasteiger partial charge in [0.05, 0.1) is 5.48 Å². The molecule has 0 atom stereocenters. The summed E-state index contributed by atoms with van der Waals surface area (Å²) in [5.41, 5.74) is 1.53. The highest BCUT2D eigenvalue weighted by Crippen LogP contribution is 2.34. The molecule has 1 nitrogen and oxygen atoms in total. The summed E-state index contributed by atoms with van der Waals surface area (Å²) in [5, 5.41) is 0. The van der Waals surface area contributed by atoms with Gasteiger partial charge in [0.2, 0.25) is 0 Å². The lowest BCUT2D eigenvalue weighted by atomic mass is 9.78. The fraction of sp³-hybridized carbons (Fsp3) is 0.538. The first kappa shape index (κ1) is 17.7. The molecule has 0 aromatic heterocycles. The van der Waals surface area contributed by atoms with Crippen LogP contribution in [0.15, 0.2) is 48.4 Å². The lowest BCUT2D eigenvalue weighted by molar-refractivity contribution is -0.274. The van der Waals surface area contributed by atoms with Gasteiger partial charge in [-0.25, -0.2) is 0 Å². The van der Waals surface area contributed by atoms with Gasteiger partial charge >= 0.3 is 6.36 Å². The van der Waals surface area contributed by atoms with Gasteiger partial charge < -0.3 is 4.74 Å². The second-order valence-electron chi connectivity index (χ2n) is 8.37. The van der Waals surface area contributed by atoms with Crippen LogP contribution in [0, 0.1) is 11.8 Å². The number of halogens is 3. The second kappa shape index (κ2) is 10.9. The molecule has 0 N–H and O–H groups in total. The maximum Gasteiger partial charge on any atom is 0.573 e. The third kappa shape index (κ3) is 7.37. The van der Waals surface area contributed by atoms with Gasteiger partial charge in [-0.1, -0.05) is 94.6 Å². The topological polar surface area (TPSA) is 9.23 Å². The Hall–Kier alpha value is -1.97. The Balaban J connectivity index is 1.63. The van der Waals surface area contributed by atoms with Gasteiger partial charge in [-0.15, -0.1) is 13.2 Å². The van der Waals surface area contributed by atoms with Crippen molar-refractivity contribution in [3.63, 3.8) is 0 Å². The maximum atomic E-state index is 12.6. The summed E-state index contributed by atoms with van der Waals surface area (Å²) in [5.74, 6) is 0.514. The zero-order chi connectivity index (χ0) is 24.9. The van der Waals surface area contributed by atoms with Crippen LogP contribution in [0.5, 0.6) is 5.75 Å². The molecule has 0 saturated heterocycles. The molecule has 164 valence electrons. The summed E-state index contributed by atoms with van der Waals surface area (Å²) in [4.78, 5) is 0. The second-order valence-corrected chi connectivity index (χ2v) is 8.37. The Morgan fingerprint density at radius 3 is 2.03 bits per heavy atom. The van der Waals surface area contributed by atoms with Crippen LogP contribution in [0.2, 0.25) is 0 Å². The molecule has 4 heteroatoms. The largest absolute Gasteiger partial charge is 0.573 e. The van der Waals surface area contributed by atoms with Crippen molar-refractivity contribution >= 4 is 0 Å². The highest BCUT2D eigenvalue weighted by Gasteiger charge is 2.31. The van der Waals surface area contributed by atoms with E-state index in [9.17, 15) is 13.2 Å². The molecule has 0 amide bonds. The molecule has 3 rings (SSSR count). The van der Waals surface area contributed by atoms with E-state index in [2.05, 4.69) is 11.7 Å². The number of alkyl halides is 3. The quantitative estimate of drug-likeness (QED) is 0.368. The van der Waals surface area contributed by atoms with Gasteiger partial charge in [0.1, 0.15) is 5.75 Å². The smallest absolute Gasteiger partial charge is 0.406 e. The molecular formula is C26H33F3O. The maximum absolute atomic E-state index is 12.6. The molecule has 0 radical (unpaired) electrons. The number of hydrogen-bond acceptors (Lipinski definition) is 1. The van der Waals surface area contributed by atoms with Crippen LogP contribution in [-0.2, 0) is 6.42 Å². The van der Waals surface area contributed by atoms with Crippen molar-refractivity contribution in [3.8, 4) is 16.9 Å². The van der Waals surface area contributed by atoms with Gasteiger partial charge in [-0.05, 0) is 53.5 Å². The average Bonchev–Trinajstić information content (AvgIpc) is 2.80. The number of hydrogen-bond donors (Lipinski definition) is 0. The zero-order valence-electron chi connectivity index (χ0n) is 21.6. The van der Waals surface area contributed by atoms with E-state index < -0.39 is 36.3 Å². The molecule has 0 heterocycles. The minimum Gasteiger partial charge on any atom is -0.406 e. The van der Waals surface area contributed by atoms with E-state index in [4.69, 9.17) is 5.48 Å². The van der Waals surface area contributed by atoms with Crippen molar-refractivity contribution < 1.29 is 23.4 Å². The molecule has 1 fully saturated rings. The van der Waals surface area contributed by atoms with Gasteiger partial charge in [0, 0.05) is 0 Å². The van der Waals surface area contributed by atoms with Gasteiger partial charge in [-0.2, -0.15) is 0 Å². The van der Waals surface area contributed by atoms with E-state index >= 15 is 0 Å². The SMILES string of the molecule is [2H]c1c([2H])c(-c2ccc(CCC3CCC(CCCCC)CC3)cc2)c([2H])c([2H])c1OC(F)(F)F. The molecule has 0 spiro atoms. The first-order valence-electron chi connectivity index (χ1n) is 13.1. The van der Waals surface area contributed by atoms with Crippen molar-refractivity contribution in [2.75, 3.05) is 0 Å². The average molecular weight is 423 g/mol. The molecule has 0 bridgehead atoms. The van der Waals surface area contributed by atoms with Crippen LogP contribution in [0.25, 0.3) is 11.1 Å². The molecule has 1 aliphatic rings. The third-order valence-corrected chi connectivity index (χ3v) is 6.09. The lowest BCUT2D eigenvalue weighted by Crippen LogP contribution is -2.16. The molecule has 30 heavy (non-hydrogen) atoms. The highest BCUT2D eigenvalue weighted by molar-refractivity contribution is 5.64. The predicted octanol–water partition coefficient (Wildman–Crippen LogP) is 8.57. The van der Waals surface area contributed by atoms with Crippen molar-refractivity contribution in [1.82, 2.24) is 0 Å². The third-order valence-electron chi connectivity index (χ3n) is 6.09. The first-order chi connectivity index (χ1) is 16.1. The monoisotopic (exact) mass is 422 g/mol. The van der Waals surface area contributed by atoms with E-state index in [-0.39, 0.29) is 5.56 Å². The fourth-order valence-electron chi connectivity index (χ4n) is 4.31. The van der Waals surface area contributed by atoms with Crippen molar-refractivity contribution in [2.45, 2.75) is 77.5 Å². The van der Waals surface area contributed by atoms with Gasteiger partial charge in [-0.3, -0.25) is 0 Å². The van der Waals surface area contributed by atoms with Crippen molar-refractivity contribution in [1.29, 1.82) is 0 Å². The summed E-state index contributed by atoms with van der Waals surface area (Å²) in [6.45, 7) is 2.24. The van der Waals surface area contributed by atoms with Crippen LogP contribution in [0.1, 0.15) is 75.8 Å². The number of unbranched alkanes of at least 4 members (excludes halogenated alkanes) is 2. The Morgan fingerprint density at radius 1 is 0.867 bits per heavy atom. The van der Waals surface area contributed by atoms with Crippen LogP contribution in [0.3, 0.4) is 0 Å². The molecule has 2 aromatic carbocycles. The molecule has 2 aromatic rings. The summed E-state index contributed by atoms with van der Waals surface area (Å²) < 4.78 is 73.5. The van der Waals surface area contributed by atoms with E-state index in [1.807, 2.05) is 12.1 Å². The Bertz CT molecular complexity index is 923. The van der Waals surface area contributed by atoms with Crippen molar-refractivity contribution in [2.24, 2.45) is 11.8 Å². The zero-order valence-corrected chi connectivity index (χ0v) is 17.6. The Morgan fingerprint density at radius 2 is 1.47 bits per heavy atom. The lowest BCUT2D eigenvalue weighted by Gasteiger charge is -2.28. The Kier molecular flexibility index (Phi) is 6.41. The number of aryl methyl sites for hydroxylation is 1. The van der Waals surface area contributed by atoms with Crippen LogP contribution >= 0.6 is 0 Å². The van der Waals surface area contributed by atoms with E-state index in [0.717, 1.165) is 30.2 Å². The number of rotatable bonds is 9. The van der Waals surface area contributed by atoms with E-state index in [0.29, 0.717) is 5.56 Å². The van der Waals surface area contributed by atoms with Crippen LogP contribution in [-0.4, -0.2) is 6.36 Å². The molecule has 0 unspecified atom stereocenters. The predicted molar refractivity (Wildman–Crippen MR) is 116 cm³/mol. The summed E-state index contributed by atoms with van der Waals surface area (Å²) in [6.07, 6.45) is 7.47. The minimum atomic E-state index is -5.10. The Labute approximate surface area is 184 Å². The summed E-state index contributed by atoms with van der Waals surface area (Å²) in [7, 11) is 0. The normalized spacial score (nSPS) is 21.5. The first-order valence-corrected chi connectivity index (χ1v) is 11.1. The molecule has 1 aliphatic carbocycles. The fourth-order valence-corrected chi connectivity index (χ4v) is 4.31. The van der Waals surface area contributed by atoms with E-state index in [1.165, 1.54) is 51.4 Å². The van der Waals surface area contributed by atoms with E-state index in [1.54, 1.807) is 12.1 Å². The van der Waals surface area contributed by atoms with Gasteiger partial charge in [0.25, 0.3) is 0 Å². The van der Waals surface area contributed by atoms with Crippen LogP contribution in [0.4, 0.5) is 13.2 Å². The number of ether oxygens (including phenoxy) is 1. The summed E-state index contributed by atoms with van der Waals surface area (Å²) >= 11 is 0. The standard InChI is InChI=1S/C26H33F3O/c1-2-3-4-5-20-6-8-21(9-7-20)10-11-22-12-14-23(15-13-22)24-16-18-25(19-17-24)30-26(27,28)29/h12-21H,2-11H2,1H3/i16D,17D,18D,19D. The van der Waals surface area contributed by atoms with Crippen molar-refractivity contribution in [3.05, 3.63) is 54.0 Å². The summed E-state index contributed by atoms with van der Waals surface area (Å²) in [6, 6.07) is 4.44. The number of benzene rings is 2. The molecule has 0 aliphatic heterocycles. The minimum absolute atomic E-state index is 0.0301.